The van der Waals surface area contributed by atoms with Crippen molar-refractivity contribution in [2.45, 2.75) is 14.7 Å². The Morgan fingerprint density at radius 1 is 0.732 bits per heavy atom. The Morgan fingerprint density at radius 3 is 2.10 bits per heavy atom. The van der Waals surface area contributed by atoms with Crippen LogP contribution < -0.4 is 20.3 Å². The quantitative estimate of drug-likeness (QED) is 0.254. The van der Waals surface area contributed by atoms with E-state index < -0.39 is 37.5 Å². The zero-order chi connectivity index (χ0) is 29.4. The van der Waals surface area contributed by atoms with Crippen LogP contribution in [-0.4, -0.2) is 41.5 Å². The summed E-state index contributed by atoms with van der Waals surface area (Å²) in [5.41, 5.74) is 4.33. The number of ketones is 1. The van der Waals surface area contributed by atoms with E-state index in [4.69, 9.17) is 4.74 Å². The number of carbonyl (C=O) groups is 3. The van der Waals surface area contributed by atoms with Gasteiger partial charge in [0.2, 0.25) is 9.84 Å². The van der Waals surface area contributed by atoms with E-state index in [9.17, 15) is 31.2 Å². The first-order chi connectivity index (χ1) is 19.5. The number of hydrogen-bond acceptors (Lipinski definition) is 8. The average molecular weight is 592 g/mol. The lowest BCUT2D eigenvalue weighted by Crippen LogP contribution is -2.41. The zero-order valence-corrected chi connectivity index (χ0v) is 22.9. The first-order valence-electron chi connectivity index (χ1n) is 11.9. The molecule has 208 valence electrons. The lowest BCUT2D eigenvalue weighted by atomic mass is 10.0. The molecule has 1 heterocycles. The number of carbonyl (C=O) groups excluding carboxylic acids is 3. The van der Waals surface area contributed by atoms with Gasteiger partial charge < -0.3 is 4.74 Å². The molecular weight excluding hydrogens is 570 g/mol. The lowest BCUT2D eigenvalue weighted by molar-refractivity contribution is 0.0846. The lowest BCUT2D eigenvalue weighted by Gasteiger charge is -2.19. The molecule has 3 N–H and O–H groups in total. The van der Waals surface area contributed by atoms with Crippen molar-refractivity contribution >= 4 is 43.1 Å². The topological polar surface area (TPSA) is 165 Å². The van der Waals surface area contributed by atoms with Crippen molar-refractivity contribution in [2.75, 3.05) is 11.8 Å². The molecule has 0 aromatic heterocycles. The van der Waals surface area contributed by atoms with Crippen molar-refractivity contribution in [1.82, 2.24) is 10.9 Å². The highest BCUT2D eigenvalue weighted by Gasteiger charge is 2.35. The van der Waals surface area contributed by atoms with Gasteiger partial charge in [-0.1, -0.05) is 30.3 Å². The van der Waals surface area contributed by atoms with Gasteiger partial charge >= 0.3 is 0 Å². The predicted octanol–water partition coefficient (Wildman–Crippen LogP) is 2.95. The van der Waals surface area contributed by atoms with Gasteiger partial charge in [0.05, 0.1) is 27.5 Å². The average Bonchev–Trinajstić information content (AvgIpc) is 2.98. The van der Waals surface area contributed by atoms with Crippen molar-refractivity contribution in [3.05, 3.63) is 113 Å². The molecule has 1 aliphatic rings. The van der Waals surface area contributed by atoms with Crippen LogP contribution in [0.25, 0.3) is 0 Å². The molecule has 5 rings (SSSR count). The van der Waals surface area contributed by atoms with Crippen LogP contribution in [0.4, 0.5) is 5.69 Å². The first kappa shape index (κ1) is 27.6. The second kappa shape index (κ2) is 10.5. The van der Waals surface area contributed by atoms with Gasteiger partial charge in [-0.3, -0.25) is 30.0 Å². The largest absolute Gasteiger partial charge is 0.495 e. The number of benzene rings is 4. The van der Waals surface area contributed by atoms with E-state index in [1.165, 1.54) is 61.7 Å². The zero-order valence-electron chi connectivity index (χ0n) is 21.2. The number of para-hydroxylation sites is 2. The van der Waals surface area contributed by atoms with E-state index in [1.54, 1.807) is 24.3 Å². The van der Waals surface area contributed by atoms with Crippen LogP contribution in [0.2, 0.25) is 0 Å². The van der Waals surface area contributed by atoms with Gasteiger partial charge in [0, 0.05) is 22.3 Å². The highest BCUT2D eigenvalue weighted by atomic mass is 32.2. The molecule has 0 unspecified atom stereocenters. The molecule has 0 atom stereocenters. The van der Waals surface area contributed by atoms with Gasteiger partial charge in [-0.15, -0.1) is 0 Å². The summed E-state index contributed by atoms with van der Waals surface area (Å²) in [5, 5.41) is 0. The molecule has 11 nitrogen and oxygen atoms in total. The van der Waals surface area contributed by atoms with Gasteiger partial charge in [0.1, 0.15) is 5.75 Å². The number of ether oxygens (including phenoxy) is 1. The van der Waals surface area contributed by atoms with E-state index in [1.807, 2.05) is 0 Å². The summed E-state index contributed by atoms with van der Waals surface area (Å²) >= 11 is 0. The molecule has 0 fully saturated rings. The summed E-state index contributed by atoms with van der Waals surface area (Å²) in [5.74, 6) is -1.87. The maximum absolute atomic E-state index is 13.1. The van der Waals surface area contributed by atoms with Crippen LogP contribution in [0.15, 0.2) is 106 Å². The van der Waals surface area contributed by atoms with Crippen molar-refractivity contribution in [3.63, 3.8) is 0 Å². The smallest absolute Gasteiger partial charge is 0.269 e. The van der Waals surface area contributed by atoms with Crippen LogP contribution >= 0.6 is 0 Å². The number of hydrazine groups is 1. The Morgan fingerprint density at radius 2 is 1.37 bits per heavy atom. The van der Waals surface area contributed by atoms with E-state index in [-0.39, 0.29) is 42.6 Å². The number of rotatable bonds is 6. The van der Waals surface area contributed by atoms with Gasteiger partial charge in [0.15, 0.2) is 5.78 Å². The molecule has 1 aliphatic heterocycles. The first-order valence-corrected chi connectivity index (χ1v) is 14.9. The highest BCUT2D eigenvalue weighted by molar-refractivity contribution is 7.92. The monoisotopic (exact) mass is 591 g/mol. The van der Waals surface area contributed by atoms with Gasteiger partial charge in [-0.2, -0.15) is 0 Å². The Bertz CT molecular complexity index is 1950. The third-order valence-corrected chi connectivity index (χ3v) is 9.46. The molecule has 0 saturated carbocycles. The molecule has 0 bridgehead atoms. The number of amides is 2. The van der Waals surface area contributed by atoms with Crippen LogP contribution in [-0.2, 0) is 19.9 Å². The normalized spacial score (nSPS) is 13.3. The minimum atomic E-state index is -4.10. The number of sulfonamides is 1. The van der Waals surface area contributed by atoms with Crippen molar-refractivity contribution in [2.24, 2.45) is 0 Å². The molecule has 0 aliphatic carbocycles. The number of anilines is 1. The number of fused-ring (bicyclic) bond motifs is 2. The SMILES string of the molecule is COc1ccccc1NS(=O)(=O)c1cccc(C(=O)NNC(=O)c2ccc3c(c2)S(=O)(=O)c2ccccc2C3=O)c1. The van der Waals surface area contributed by atoms with E-state index in [2.05, 4.69) is 15.6 Å². The summed E-state index contributed by atoms with van der Waals surface area (Å²) < 4.78 is 59.6. The summed E-state index contributed by atoms with van der Waals surface area (Å²) in [6.07, 6.45) is 0. The van der Waals surface area contributed by atoms with Crippen molar-refractivity contribution in [1.29, 1.82) is 0 Å². The van der Waals surface area contributed by atoms with Crippen LogP contribution in [0.1, 0.15) is 36.6 Å². The number of sulfone groups is 1. The minimum Gasteiger partial charge on any atom is -0.495 e. The fourth-order valence-electron chi connectivity index (χ4n) is 4.22. The van der Waals surface area contributed by atoms with Crippen LogP contribution in [0.3, 0.4) is 0 Å². The summed E-state index contributed by atoms with van der Waals surface area (Å²) in [4.78, 5) is 37.6. The van der Waals surface area contributed by atoms with Gasteiger partial charge in [-0.05, 0) is 60.7 Å². The van der Waals surface area contributed by atoms with Crippen molar-refractivity contribution in [3.8, 4) is 5.75 Å². The summed E-state index contributed by atoms with van der Waals surface area (Å²) in [6, 6.07) is 20.9. The van der Waals surface area contributed by atoms with E-state index in [0.717, 1.165) is 12.1 Å². The maximum Gasteiger partial charge on any atom is 0.269 e. The van der Waals surface area contributed by atoms with Crippen LogP contribution in [0.5, 0.6) is 5.75 Å². The molecule has 0 radical (unpaired) electrons. The highest BCUT2D eigenvalue weighted by Crippen LogP contribution is 2.34. The molecule has 4 aromatic carbocycles. The Hall–Kier alpha value is -5.01. The summed E-state index contributed by atoms with van der Waals surface area (Å²) in [6.45, 7) is 0. The molecule has 0 saturated heterocycles. The third kappa shape index (κ3) is 5.15. The molecule has 0 spiro atoms. The standard InChI is InChI=1S/C28H21N3O8S2/c1-39-23-11-4-3-10-22(23)31-41(37,38)19-8-6-7-17(15-19)27(33)29-30-28(34)18-13-14-21-25(16-18)40(35,36)24-12-5-2-9-20(24)26(21)32/h2-16,31H,1H3,(H,29,33)(H,30,34). The fourth-order valence-corrected chi connectivity index (χ4v) is 7.01. The molecule has 13 heteroatoms. The van der Waals surface area contributed by atoms with E-state index >= 15 is 0 Å². The van der Waals surface area contributed by atoms with Gasteiger partial charge in [0.25, 0.3) is 21.8 Å². The molecule has 2 amide bonds. The second-order valence-corrected chi connectivity index (χ2v) is 12.4. The Labute approximate surface area is 235 Å². The van der Waals surface area contributed by atoms with E-state index in [0.29, 0.717) is 5.75 Å². The Kier molecular flexibility index (Phi) is 7.07. The predicted molar refractivity (Wildman–Crippen MR) is 147 cm³/mol. The fraction of sp³-hybridized carbons (Fsp3) is 0.0357. The van der Waals surface area contributed by atoms with Crippen LogP contribution in [0, 0.1) is 0 Å². The number of methoxy groups -OCH3 is 1. The maximum atomic E-state index is 13.1. The van der Waals surface area contributed by atoms with Gasteiger partial charge in [-0.25, -0.2) is 16.8 Å². The minimum absolute atomic E-state index is 0.0480. The summed E-state index contributed by atoms with van der Waals surface area (Å²) in [7, 11) is -6.78. The molecule has 4 aromatic rings. The van der Waals surface area contributed by atoms with Crippen molar-refractivity contribution < 1.29 is 36.0 Å². The number of nitrogens with one attached hydrogen (secondary N) is 3. The third-order valence-electron chi connectivity index (χ3n) is 6.25. The second-order valence-electron chi connectivity index (χ2n) is 8.78. The molecular formula is C28H21N3O8S2. The number of hydrogen-bond donors (Lipinski definition) is 3. The molecule has 41 heavy (non-hydrogen) atoms. The Balaban J connectivity index is 1.32.